The Balaban J connectivity index is 2.28. The molecule has 0 aliphatic carbocycles. The number of hydrogen-bond acceptors (Lipinski definition) is 4. The van der Waals surface area contributed by atoms with Crippen LogP contribution in [0.1, 0.15) is 11.1 Å². The van der Waals surface area contributed by atoms with E-state index in [2.05, 4.69) is 20.3 Å². The van der Waals surface area contributed by atoms with Crippen molar-refractivity contribution in [3.8, 4) is 0 Å². The maximum absolute atomic E-state index is 4.21. The summed E-state index contributed by atoms with van der Waals surface area (Å²) in [6.07, 6.45) is 15.5. The molecule has 0 atom stereocenters. The van der Waals surface area contributed by atoms with Gasteiger partial charge in [0.2, 0.25) is 0 Å². The topological polar surface area (TPSA) is 49.1 Å². The molecule has 1 aliphatic rings. The smallest absolute Gasteiger partial charge is 0.0451 e. The van der Waals surface area contributed by atoms with Gasteiger partial charge in [0.15, 0.2) is 0 Å². The van der Waals surface area contributed by atoms with Crippen LogP contribution in [0.3, 0.4) is 0 Å². The van der Waals surface area contributed by atoms with E-state index in [1.165, 1.54) is 0 Å². The van der Waals surface area contributed by atoms with Crippen LogP contribution < -0.4 is 5.32 Å². The monoisotopic (exact) mass is 250 g/mol. The minimum atomic E-state index is 1.04. The highest BCUT2D eigenvalue weighted by Gasteiger charge is 1.93. The first kappa shape index (κ1) is 12.7. The minimum absolute atomic E-state index is 1.04. The molecule has 0 unspecified atom stereocenters. The summed E-state index contributed by atoms with van der Waals surface area (Å²) in [5, 5.41) is 2.93. The Bertz CT molecular complexity index is 578. The van der Waals surface area contributed by atoms with Crippen LogP contribution in [0.2, 0.25) is 0 Å². The number of nitrogens with zero attached hydrogens (tertiary/aromatic N) is 3. The second-order valence-electron chi connectivity index (χ2n) is 3.62. The maximum atomic E-state index is 4.21. The Labute approximate surface area is 112 Å². The van der Waals surface area contributed by atoms with E-state index in [4.69, 9.17) is 0 Å². The van der Waals surface area contributed by atoms with Crippen molar-refractivity contribution in [3.63, 3.8) is 0 Å². The van der Waals surface area contributed by atoms with Crippen molar-refractivity contribution in [2.75, 3.05) is 0 Å². The van der Waals surface area contributed by atoms with Crippen molar-refractivity contribution in [3.05, 3.63) is 66.4 Å². The van der Waals surface area contributed by atoms with E-state index in [0.717, 1.165) is 11.1 Å². The molecule has 0 radical (unpaired) electrons. The van der Waals surface area contributed by atoms with Gasteiger partial charge in [0, 0.05) is 49.6 Å². The van der Waals surface area contributed by atoms with Gasteiger partial charge in [-0.05, 0) is 17.2 Å². The molecule has 4 nitrogen and oxygen atoms in total. The summed E-state index contributed by atoms with van der Waals surface area (Å²) in [5.74, 6) is 0. The van der Waals surface area contributed by atoms with Gasteiger partial charge in [-0.2, -0.15) is 0 Å². The summed E-state index contributed by atoms with van der Waals surface area (Å²) in [6.45, 7) is 0. The summed E-state index contributed by atoms with van der Waals surface area (Å²) in [5.41, 5.74) is 2.10. The van der Waals surface area contributed by atoms with Gasteiger partial charge in [-0.1, -0.05) is 24.3 Å². The van der Waals surface area contributed by atoms with Gasteiger partial charge >= 0.3 is 0 Å². The third-order valence-corrected chi connectivity index (χ3v) is 2.30. The molecule has 1 aromatic carbocycles. The van der Waals surface area contributed by atoms with Crippen molar-refractivity contribution < 1.29 is 0 Å². The van der Waals surface area contributed by atoms with Gasteiger partial charge in [0.1, 0.15) is 0 Å². The number of hydrogen-bond donors (Lipinski definition) is 1. The van der Waals surface area contributed by atoms with E-state index < -0.39 is 0 Å². The van der Waals surface area contributed by atoms with E-state index in [-0.39, 0.29) is 0 Å². The molecule has 94 valence electrons. The molecule has 4 heteroatoms. The molecule has 19 heavy (non-hydrogen) atoms. The lowest BCUT2D eigenvalue weighted by molar-refractivity contribution is 1.17. The van der Waals surface area contributed by atoms with Gasteiger partial charge in [-0.3, -0.25) is 15.0 Å². The summed E-state index contributed by atoms with van der Waals surface area (Å²) in [4.78, 5) is 12.3. The van der Waals surface area contributed by atoms with E-state index >= 15 is 0 Å². The average molecular weight is 250 g/mol. The summed E-state index contributed by atoms with van der Waals surface area (Å²) >= 11 is 0. The highest BCUT2D eigenvalue weighted by molar-refractivity contribution is 6.16. The van der Waals surface area contributed by atoms with E-state index in [0.29, 0.717) is 0 Å². The van der Waals surface area contributed by atoms with Crippen LogP contribution in [0, 0.1) is 0 Å². The van der Waals surface area contributed by atoms with Crippen LogP contribution in [0.25, 0.3) is 6.08 Å². The second kappa shape index (κ2) is 7.55. The predicted molar refractivity (Wildman–Crippen MR) is 81.5 cm³/mol. The predicted octanol–water partition coefficient (Wildman–Crippen LogP) is 2.76. The van der Waals surface area contributed by atoms with Crippen LogP contribution in [0.5, 0.6) is 0 Å². The van der Waals surface area contributed by atoms with Crippen LogP contribution in [0.4, 0.5) is 0 Å². The largest absolute Gasteiger partial charge is 0.365 e. The van der Waals surface area contributed by atoms with Crippen LogP contribution >= 0.6 is 0 Å². The van der Waals surface area contributed by atoms with Crippen molar-refractivity contribution in [2.24, 2.45) is 15.0 Å². The zero-order valence-corrected chi connectivity index (χ0v) is 10.3. The lowest BCUT2D eigenvalue weighted by Gasteiger charge is -1.98. The summed E-state index contributed by atoms with van der Waals surface area (Å²) in [6, 6.07) is 7.99. The van der Waals surface area contributed by atoms with Gasteiger partial charge in [0.25, 0.3) is 0 Å². The Morgan fingerprint density at radius 1 is 0.737 bits per heavy atom. The third-order valence-electron chi connectivity index (χ3n) is 2.30. The molecular formula is C15H14N4. The van der Waals surface area contributed by atoms with Gasteiger partial charge in [-0.15, -0.1) is 0 Å². The number of rotatable bonds is 0. The molecule has 0 spiro atoms. The van der Waals surface area contributed by atoms with Crippen LogP contribution in [-0.4, -0.2) is 18.6 Å². The fraction of sp³-hybridized carbons (Fsp3) is 0. The Morgan fingerprint density at radius 2 is 1.42 bits per heavy atom. The molecule has 0 saturated carbocycles. The van der Waals surface area contributed by atoms with Crippen molar-refractivity contribution in [1.29, 1.82) is 0 Å². The molecule has 1 aromatic rings. The summed E-state index contributed by atoms with van der Waals surface area (Å²) in [7, 11) is 0. The molecule has 1 heterocycles. The van der Waals surface area contributed by atoms with Gasteiger partial charge in [0.05, 0.1) is 0 Å². The number of benzene rings is 1. The first-order valence-electron chi connectivity index (χ1n) is 5.86. The van der Waals surface area contributed by atoms with Crippen LogP contribution in [0.15, 0.2) is 70.2 Å². The highest BCUT2D eigenvalue weighted by atomic mass is 14.8. The van der Waals surface area contributed by atoms with Gasteiger partial charge < -0.3 is 5.32 Å². The quantitative estimate of drug-likeness (QED) is 0.756. The first-order chi connectivity index (χ1) is 9.47. The summed E-state index contributed by atoms with van der Waals surface area (Å²) < 4.78 is 0. The fourth-order valence-corrected chi connectivity index (χ4v) is 1.43. The van der Waals surface area contributed by atoms with Gasteiger partial charge in [-0.25, -0.2) is 0 Å². The molecule has 0 amide bonds. The van der Waals surface area contributed by atoms with Crippen LogP contribution in [-0.2, 0) is 0 Å². The average Bonchev–Trinajstić information content (AvgIpc) is 2.45. The molecule has 2 rings (SSSR count). The van der Waals surface area contributed by atoms with E-state index in [1.54, 1.807) is 49.6 Å². The maximum Gasteiger partial charge on any atom is 0.0451 e. The molecule has 1 aliphatic heterocycles. The zero-order valence-electron chi connectivity index (χ0n) is 10.3. The highest BCUT2D eigenvalue weighted by Crippen LogP contribution is 2.08. The zero-order chi connectivity index (χ0) is 13.2. The normalized spacial score (nSPS) is 14.5. The van der Waals surface area contributed by atoms with Crippen molar-refractivity contribution in [1.82, 2.24) is 5.32 Å². The number of aliphatic imine (C=N–C) groups is 3. The second-order valence-corrected chi connectivity index (χ2v) is 3.62. The third kappa shape index (κ3) is 4.55. The molecule has 0 bridgehead atoms. The van der Waals surface area contributed by atoms with Crippen molar-refractivity contribution in [2.45, 2.75) is 0 Å². The lowest BCUT2D eigenvalue weighted by atomic mass is 10.1. The molecular weight excluding hydrogens is 236 g/mol. The minimum Gasteiger partial charge on any atom is -0.365 e. The molecule has 0 fully saturated rings. The number of fused-ring (bicyclic) bond motifs is 1. The lowest BCUT2D eigenvalue weighted by Crippen LogP contribution is -1.90. The fourth-order valence-electron chi connectivity index (χ4n) is 1.43. The van der Waals surface area contributed by atoms with E-state index in [1.807, 2.05) is 30.3 Å². The van der Waals surface area contributed by atoms with Crippen molar-refractivity contribution >= 4 is 24.7 Å². The van der Waals surface area contributed by atoms with E-state index in [9.17, 15) is 0 Å². The first-order valence-corrected chi connectivity index (χ1v) is 5.86. The molecule has 0 aromatic heterocycles. The molecule has 1 N–H and O–H groups in total. The Hall–Kier alpha value is -2.75. The number of nitrogens with one attached hydrogen (secondary N) is 1. The standard InChI is InChI=1S/C15H14N4/c1-2-4-15-13-19-12-11-18-10-9-17-8-7-16-6-5-14(15)3-1/h1-13,18H. The molecule has 0 saturated heterocycles. The Morgan fingerprint density at radius 3 is 2.26 bits per heavy atom. The Kier molecular flexibility index (Phi) is 5.05. The SMILES string of the molecule is C1=CNC=CN=Cc2ccccc2C=CN=CC=N1.